The number of unbranched alkanes of at least 4 members (excludes halogenated alkanes) is 1. The summed E-state index contributed by atoms with van der Waals surface area (Å²) in [5.41, 5.74) is 16.5. The average molecular weight is 783 g/mol. The number of rotatable bonds is 27. The van der Waals surface area contributed by atoms with Crippen molar-refractivity contribution in [3.63, 3.8) is 0 Å². The standard InChI is InChI=1S/C32H54N12O11/c1-3-17(2)27(31(53)39-14-24(47)41-20(32(54)55)6-4-5-9-33)44-30(52)21(10-18-11-36-16-40-18)42-25(48)13-38-29(51)22(15-45)43-26(49)12-37-28(50)19(34)7-8-23(35)46/h11,16-17,19-22,27,45H,3-10,12-15,33-34H2,1-2H3,(H2,35,46)(H,36,40)(H,37,50)(H,38,51)(H,39,53)(H,41,47)(H,42,48)(H,43,49)(H,44,52)(H,54,55)/t17-,19-,20-,21-,22-,27-/m0/s1. The zero-order valence-electron chi connectivity index (χ0n) is 30.9. The van der Waals surface area contributed by atoms with Crippen LogP contribution in [0.2, 0.25) is 0 Å². The third-order valence-corrected chi connectivity index (χ3v) is 8.15. The first kappa shape index (κ1) is 47.3. The highest BCUT2D eigenvalue weighted by Gasteiger charge is 2.31. The Morgan fingerprint density at radius 1 is 0.782 bits per heavy atom. The van der Waals surface area contributed by atoms with Crippen LogP contribution < -0.4 is 54.4 Å². The number of aliphatic hydroxyl groups excluding tert-OH is 1. The molecule has 23 nitrogen and oxygen atoms in total. The molecule has 0 bridgehead atoms. The Hall–Kier alpha value is -5.68. The topological polar surface area (TPSA) is 385 Å². The van der Waals surface area contributed by atoms with Crippen LogP contribution in [0.25, 0.3) is 0 Å². The summed E-state index contributed by atoms with van der Waals surface area (Å²) in [4.78, 5) is 118. The van der Waals surface area contributed by atoms with Crippen molar-refractivity contribution in [2.45, 2.75) is 89.0 Å². The Morgan fingerprint density at radius 2 is 1.35 bits per heavy atom. The van der Waals surface area contributed by atoms with Crippen LogP contribution in [0.5, 0.6) is 0 Å². The molecule has 0 aromatic carbocycles. The number of carbonyl (C=O) groups excluding carboxylic acids is 8. The van der Waals surface area contributed by atoms with Crippen molar-refractivity contribution in [2.75, 3.05) is 32.8 Å². The Labute approximate surface area is 316 Å². The van der Waals surface area contributed by atoms with Gasteiger partial charge in [-0.1, -0.05) is 20.3 Å². The number of carboxylic acids is 1. The molecule has 0 radical (unpaired) electrons. The highest BCUT2D eigenvalue weighted by molar-refractivity contribution is 5.96. The second-order valence-corrected chi connectivity index (χ2v) is 12.6. The fourth-order valence-electron chi connectivity index (χ4n) is 4.76. The number of imidazole rings is 1. The van der Waals surface area contributed by atoms with E-state index in [9.17, 15) is 53.4 Å². The molecule has 6 atom stereocenters. The number of aromatic nitrogens is 2. The lowest BCUT2D eigenvalue weighted by atomic mass is 9.97. The van der Waals surface area contributed by atoms with Gasteiger partial charge in [0.15, 0.2) is 0 Å². The number of nitrogens with one attached hydrogen (secondary N) is 8. The number of hydrogen-bond donors (Lipinski definition) is 13. The monoisotopic (exact) mass is 782 g/mol. The highest BCUT2D eigenvalue weighted by atomic mass is 16.4. The van der Waals surface area contributed by atoms with Gasteiger partial charge in [0.25, 0.3) is 0 Å². The van der Waals surface area contributed by atoms with E-state index in [1.807, 2.05) is 0 Å². The molecule has 1 aromatic rings. The van der Waals surface area contributed by atoms with Gasteiger partial charge in [-0.15, -0.1) is 0 Å². The number of nitrogens with two attached hydrogens (primary N) is 3. The maximum atomic E-state index is 13.5. The Bertz CT molecular complexity index is 1460. The van der Waals surface area contributed by atoms with Crippen LogP contribution >= 0.6 is 0 Å². The van der Waals surface area contributed by atoms with Crippen molar-refractivity contribution in [1.82, 2.24) is 47.2 Å². The van der Waals surface area contributed by atoms with E-state index in [1.54, 1.807) is 13.8 Å². The number of carbonyl (C=O) groups is 9. The van der Waals surface area contributed by atoms with Crippen LogP contribution in [0.15, 0.2) is 12.5 Å². The molecule has 0 aliphatic heterocycles. The average Bonchev–Trinajstić information content (AvgIpc) is 3.67. The summed E-state index contributed by atoms with van der Waals surface area (Å²) >= 11 is 0. The number of aliphatic carboxylic acids is 1. The molecule has 8 amide bonds. The number of aromatic amines is 1. The fourth-order valence-corrected chi connectivity index (χ4v) is 4.76. The van der Waals surface area contributed by atoms with Gasteiger partial charge in [-0.2, -0.15) is 0 Å². The van der Waals surface area contributed by atoms with Crippen molar-refractivity contribution in [3.8, 4) is 0 Å². The number of H-pyrrole nitrogens is 1. The van der Waals surface area contributed by atoms with E-state index < -0.39 is 116 Å². The van der Waals surface area contributed by atoms with E-state index in [2.05, 4.69) is 47.2 Å². The van der Waals surface area contributed by atoms with E-state index in [0.29, 0.717) is 31.5 Å². The summed E-state index contributed by atoms with van der Waals surface area (Å²) in [5, 5.41) is 35.5. The third-order valence-electron chi connectivity index (χ3n) is 8.15. The molecule has 23 heteroatoms. The van der Waals surface area contributed by atoms with Crippen LogP contribution in [0.1, 0.15) is 58.1 Å². The summed E-state index contributed by atoms with van der Waals surface area (Å²) in [5.74, 6) is -8.16. The lowest BCUT2D eigenvalue weighted by Gasteiger charge is -2.26. The molecular formula is C32H54N12O11. The highest BCUT2D eigenvalue weighted by Crippen LogP contribution is 2.10. The second kappa shape index (κ2) is 25.4. The number of primary amides is 1. The summed E-state index contributed by atoms with van der Waals surface area (Å²) < 4.78 is 0. The summed E-state index contributed by atoms with van der Waals surface area (Å²) in [6, 6.07) is -6.34. The molecule has 1 heterocycles. The molecule has 0 saturated heterocycles. The largest absolute Gasteiger partial charge is 0.480 e. The van der Waals surface area contributed by atoms with E-state index in [4.69, 9.17) is 17.2 Å². The molecule has 0 unspecified atom stereocenters. The van der Waals surface area contributed by atoms with Crippen LogP contribution in [0.4, 0.5) is 0 Å². The number of hydrogen-bond acceptors (Lipinski definition) is 13. The SMILES string of the molecule is CC[C@H](C)[C@H](NC(=O)[C@H](Cc1cnc[nH]1)NC(=O)CNC(=O)[C@H](CO)NC(=O)CNC(=O)[C@@H](N)CCC(N)=O)C(=O)NCC(=O)N[C@@H](CCCCN)C(=O)O. The van der Waals surface area contributed by atoms with E-state index >= 15 is 0 Å². The van der Waals surface area contributed by atoms with Gasteiger partial charge in [0.1, 0.15) is 24.2 Å². The van der Waals surface area contributed by atoms with E-state index in [0.717, 1.165) is 0 Å². The molecule has 0 aliphatic rings. The van der Waals surface area contributed by atoms with Gasteiger partial charge in [0, 0.05) is 24.7 Å². The maximum absolute atomic E-state index is 13.5. The normalized spacial score (nSPS) is 14.1. The first-order valence-corrected chi connectivity index (χ1v) is 17.6. The molecule has 16 N–H and O–H groups in total. The van der Waals surface area contributed by atoms with Gasteiger partial charge in [-0.05, 0) is 38.1 Å². The third kappa shape index (κ3) is 18.8. The molecule has 0 fully saturated rings. The summed E-state index contributed by atoms with van der Waals surface area (Å²) in [6.07, 6.45) is 3.99. The lowest BCUT2D eigenvalue weighted by molar-refractivity contribution is -0.142. The molecule has 55 heavy (non-hydrogen) atoms. The van der Waals surface area contributed by atoms with Gasteiger partial charge in [0.05, 0.1) is 38.6 Å². The zero-order chi connectivity index (χ0) is 41.5. The zero-order valence-corrected chi connectivity index (χ0v) is 30.9. The van der Waals surface area contributed by atoms with Crippen molar-refractivity contribution < 1.29 is 53.4 Å². The van der Waals surface area contributed by atoms with Gasteiger partial charge in [-0.3, -0.25) is 38.4 Å². The Balaban J connectivity index is 2.86. The fraction of sp³-hybridized carbons (Fsp3) is 0.625. The minimum atomic E-state index is -1.53. The Morgan fingerprint density at radius 3 is 1.85 bits per heavy atom. The minimum absolute atomic E-state index is 0.0561. The van der Waals surface area contributed by atoms with Crippen LogP contribution in [0.3, 0.4) is 0 Å². The molecule has 1 rings (SSSR count). The number of aliphatic hydroxyl groups is 1. The smallest absolute Gasteiger partial charge is 0.326 e. The Kier molecular flexibility index (Phi) is 21.8. The first-order valence-electron chi connectivity index (χ1n) is 17.6. The molecule has 308 valence electrons. The van der Waals surface area contributed by atoms with Crippen molar-refractivity contribution in [3.05, 3.63) is 18.2 Å². The molecular weight excluding hydrogens is 728 g/mol. The minimum Gasteiger partial charge on any atom is -0.480 e. The molecule has 1 aromatic heterocycles. The van der Waals surface area contributed by atoms with Gasteiger partial charge < -0.3 is 69.6 Å². The van der Waals surface area contributed by atoms with Gasteiger partial charge >= 0.3 is 5.97 Å². The molecule has 0 saturated carbocycles. The first-order chi connectivity index (χ1) is 26.0. The lowest BCUT2D eigenvalue weighted by Crippen LogP contribution is -2.58. The number of nitrogens with zero attached hydrogens (tertiary/aromatic N) is 1. The van der Waals surface area contributed by atoms with Gasteiger partial charge in [0.2, 0.25) is 47.3 Å². The maximum Gasteiger partial charge on any atom is 0.326 e. The summed E-state index contributed by atoms with van der Waals surface area (Å²) in [6.45, 7) is 1.00. The van der Waals surface area contributed by atoms with Crippen LogP contribution in [0, 0.1) is 5.92 Å². The van der Waals surface area contributed by atoms with Crippen molar-refractivity contribution >= 4 is 53.2 Å². The van der Waals surface area contributed by atoms with Crippen LogP contribution in [-0.2, 0) is 49.6 Å². The van der Waals surface area contributed by atoms with E-state index in [1.165, 1.54) is 12.5 Å². The van der Waals surface area contributed by atoms with Gasteiger partial charge in [-0.25, -0.2) is 9.78 Å². The molecule has 0 spiro atoms. The predicted molar refractivity (Wildman–Crippen MR) is 193 cm³/mol. The molecule has 0 aliphatic carbocycles. The summed E-state index contributed by atoms with van der Waals surface area (Å²) in [7, 11) is 0. The quantitative estimate of drug-likeness (QED) is 0.0370. The number of amides is 8. The number of carboxylic acid groups (broad SMARTS) is 1. The van der Waals surface area contributed by atoms with E-state index in [-0.39, 0.29) is 25.7 Å². The predicted octanol–water partition coefficient (Wildman–Crippen LogP) is -5.92. The second-order valence-electron chi connectivity index (χ2n) is 12.6. The van der Waals surface area contributed by atoms with Crippen molar-refractivity contribution in [2.24, 2.45) is 23.1 Å². The van der Waals surface area contributed by atoms with Crippen LogP contribution in [-0.4, -0.2) is 136 Å². The van der Waals surface area contributed by atoms with Crippen molar-refractivity contribution in [1.29, 1.82) is 0 Å².